The fourth-order valence-corrected chi connectivity index (χ4v) is 2.44. The van der Waals surface area contributed by atoms with Crippen LogP contribution in [0.5, 0.6) is 0 Å². The Balaban J connectivity index is 1.85. The molecule has 1 aliphatic rings. The molecule has 0 bridgehead atoms. The summed E-state index contributed by atoms with van der Waals surface area (Å²) in [4.78, 5) is 24.6. The van der Waals surface area contributed by atoms with Gasteiger partial charge in [-0.25, -0.2) is 14.0 Å². The van der Waals surface area contributed by atoms with E-state index in [1.165, 1.54) is 4.68 Å². The second-order valence-electron chi connectivity index (χ2n) is 5.59. The maximum atomic E-state index is 12.6. The lowest BCUT2D eigenvalue weighted by atomic mass is 10.3. The molecule has 0 aliphatic heterocycles. The van der Waals surface area contributed by atoms with Crippen LogP contribution in [0.25, 0.3) is 5.69 Å². The normalized spacial score (nSPS) is 14.0. The number of amides is 1. The van der Waals surface area contributed by atoms with E-state index in [4.69, 9.17) is 4.74 Å². The third-order valence-electron chi connectivity index (χ3n) is 3.74. The van der Waals surface area contributed by atoms with Gasteiger partial charge in [0.25, 0.3) is 0 Å². The molecule has 0 spiro atoms. The number of benzene rings is 1. The van der Waals surface area contributed by atoms with Gasteiger partial charge in [0.2, 0.25) is 5.91 Å². The number of nitrogens with one attached hydrogen (secondary N) is 1. The van der Waals surface area contributed by atoms with Crippen molar-refractivity contribution in [2.45, 2.75) is 25.3 Å². The molecule has 1 fully saturated rings. The summed E-state index contributed by atoms with van der Waals surface area (Å²) in [5.41, 5.74) is 0.505. The van der Waals surface area contributed by atoms with E-state index in [2.05, 4.69) is 10.4 Å². The molecule has 122 valence electrons. The predicted octanol–water partition coefficient (Wildman–Crippen LogP) is 0.674. The fraction of sp³-hybridized carbons (Fsp3) is 0.438. The van der Waals surface area contributed by atoms with E-state index < -0.39 is 0 Å². The molecule has 1 saturated carbocycles. The molecule has 0 atom stereocenters. The Morgan fingerprint density at radius 1 is 1.35 bits per heavy atom. The number of hydrogen-bond donors (Lipinski definition) is 1. The Hall–Kier alpha value is -2.41. The van der Waals surface area contributed by atoms with Gasteiger partial charge in [-0.3, -0.25) is 4.79 Å². The quantitative estimate of drug-likeness (QED) is 0.762. The van der Waals surface area contributed by atoms with Gasteiger partial charge >= 0.3 is 5.69 Å². The number of para-hydroxylation sites is 1. The molecule has 0 radical (unpaired) electrons. The number of carbonyl (C=O) groups is 1. The topological polar surface area (TPSA) is 78.2 Å². The van der Waals surface area contributed by atoms with Crippen LogP contribution in [0, 0.1) is 0 Å². The number of hydrogen-bond acceptors (Lipinski definition) is 4. The molecule has 1 N–H and O–H groups in total. The molecule has 7 nitrogen and oxygen atoms in total. The standard InChI is InChI=1S/C16H20N4O3/c1-23-10-9-17-14(21)11-19-16(22)20(13-5-3-2-4-6-13)15(18-19)12-7-8-12/h2-6,12H,7-11H2,1H3,(H,17,21). The van der Waals surface area contributed by atoms with Gasteiger partial charge in [0.05, 0.1) is 12.3 Å². The van der Waals surface area contributed by atoms with Crippen LogP contribution in [0.1, 0.15) is 24.6 Å². The van der Waals surface area contributed by atoms with Gasteiger partial charge < -0.3 is 10.1 Å². The first-order chi connectivity index (χ1) is 11.2. The summed E-state index contributed by atoms with van der Waals surface area (Å²) < 4.78 is 7.73. The Morgan fingerprint density at radius 3 is 2.74 bits per heavy atom. The first kappa shape index (κ1) is 15.5. The number of ether oxygens (including phenoxy) is 1. The molecule has 2 aromatic rings. The first-order valence-electron chi connectivity index (χ1n) is 7.71. The van der Waals surface area contributed by atoms with Crippen LogP contribution in [0.2, 0.25) is 0 Å². The smallest absolute Gasteiger partial charge is 0.351 e. The van der Waals surface area contributed by atoms with Crippen molar-refractivity contribution in [3.8, 4) is 5.69 Å². The van der Waals surface area contributed by atoms with Crippen molar-refractivity contribution in [2.24, 2.45) is 0 Å². The molecular weight excluding hydrogens is 296 g/mol. The van der Waals surface area contributed by atoms with Gasteiger partial charge in [-0.1, -0.05) is 18.2 Å². The third-order valence-corrected chi connectivity index (χ3v) is 3.74. The molecule has 3 rings (SSSR count). The number of nitrogens with zero attached hydrogens (tertiary/aromatic N) is 3. The zero-order chi connectivity index (χ0) is 16.2. The lowest BCUT2D eigenvalue weighted by molar-refractivity contribution is -0.122. The van der Waals surface area contributed by atoms with Crippen molar-refractivity contribution in [1.29, 1.82) is 0 Å². The fourth-order valence-electron chi connectivity index (χ4n) is 2.44. The monoisotopic (exact) mass is 316 g/mol. The number of carbonyl (C=O) groups excluding carboxylic acids is 1. The van der Waals surface area contributed by atoms with E-state index in [0.717, 1.165) is 24.4 Å². The van der Waals surface area contributed by atoms with Crippen LogP contribution in [-0.4, -0.2) is 40.5 Å². The van der Waals surface area contributed by atoms with Crippen molar-refractivity contribution in [3.63, 3.8) is 0 Å². The predicted molar refractivity (Wildman–Crippen MR) is 84.7 cm³/mol. The van der Waals surface area contributed by atoms with Gasteiger partial charge in [0.15, 0.2) is 0 Å². The van der Waals surface area contributed by atoms with E-state index >= 15 is 0 Å². The number of methoxy groups -OCH3 is 1. The maximum Gasteiger partial charge on any atom is 0.351 e. The van der Waals surface area contributed by atoms with E-state index in [1.54, 1.807) is 11.7 Å². The third kappa shape index (κ3) is 3.50. The average Bonchev–Trinajstić information content (AvgIpc) is 3.35. The highest BCUT2D eigenvalue weighted by molar-refractivity contribution is 5.75. The van der Waals surface area contributed by atoms with Gasteiger partial charge in [-0.15, -0.1) is 0 Å². The largest absolute Gasteiger partial charge is 0.383 e. The summed E-state index contributed by atoms with van der Waals surface area (Å²) in [7, 11) is 1.57. The minimum atomic E-state index is -0.278. The van der Waals surface area contributed by atoms with Crippen LogP contribution >= 0.6 is 0 Å². The Kier molecular flexibility index (Phi) is 4.57. The van der Waals surface area contributed by atoms with Crippen molar-refractivity contribution in [1.82, 2.24) is 19.7 Å². The van der Waals surface area contributed by atoms with Gasteiger partial charge in [0.1, 0.15) is 12.4 Å². The number of rotatable bonds is 7. The Bertz CT molecular complexity index is 732. The maximum absolute atomic E-state index is 12.6. The van der Waals surface area contributed by atoms with E-state index in [9.17, 15) is 9.59 Å². The highest BCUT2D eigenvalue weighted by atomic mass is 16.5. The van der Waals surface area contributed by atoms with Crippen LogP contribution < -0.4 is 11.0 Å². The molecule has 7 heteroatoms. The number of aromatic nitrogens is 3. The zero-order valence-electron chi connectivity index (χ0n) is 13.1. The molecule has 1 amide bonds. The highest BCUT2D eigenvalue weighted by Crippen LogP contribution is 2.39. The second kappa shape index (κ2) is 6.78. The van der Waals surface area contributed by atoms with Crippen LogP contribution in [0.3, 0.4) is 0 Å². The molecule has 1 heterocycles. The van der Waals surface area contributed by atoms with E-state index in [1.807, 2.05) is 30.3 Å². The van der Waals surface area contributed by atoms with E-state index in [-0.39, 0.29) is 18.1 Å². The molecule has 0 unspecified atom stereocenters. The van der Waals surface area contributed by atoms with E-state index in [0.29, 0.717) is 19.1 Å². The summed E-state index contributed by atoms with van der Waals surface area (Å²) in [5.74, 6) is 0.802. The van der Waals surface area contributed by atoms with Crippen molar-refractivity contribution in [3.05, 3.63) is 46.6 Å². The summed E-state index contributed by atoms with van der Waals surface area (Å²) in [6.07, 6.45) is 2.06. The Labute approximate surface area is 133 Å². The lowest BCUT2D eigenvalue weighted by Crippen LogP contribution is -2.34. The summed E-state index contributed by atoms with van der Waals surface area (Å²) in [6, 6.07) is 9.41. The lowest BCUT2D eigenvalue weighted by Gasteiger charge is -2.04. The zero-order valence-corrected chi connectivity index (χ0v) is 13.1. The minimum absolute atomic E-state index is 0.0812. The van der Waals surface area contributed by atoms with Gasteiger partial charge in [-0.2, -0.15) is 5.10 Å². The van der Waals surface area contributed by atoms with Crippen LogP contribution in [-0.2, 0) is 16.1 Å². The summed E-state index contributed by atoms with van der Waals surface area (Å²) >= 11 is 0. The summed E-state index contributed by atoms with van der Waals surface area (Å²) in [5, 5.41) is 7.09. The Morgan fingerprint density at radius 2 is 2.09 bits per heavy atom. The van der Waals surface area contributed by atoms with Crippen molar-refractivity contribution in [2.75, 3.05) is 20.3 Å². The van der Waals surface area contributed by atoms with Gasteiger partial charge in [-0.05, 0) is 25.0 Å². The highest BCUT2D eigenvalue weighted by Gasteiger charge is 2.31. The second-order valence-corrected chi connectivity index (χ2v) is 5.59. The molecule has 1 aromatic heterocycles. The summed E-state index contributed by atoms with van der Waals surface area (Å²) in [6.45, 7) is 0.771. The van der Waals surface area contributed by atoms with Crippen molar-refractivity contribution < 1.29 is 9.53 Å². The molecule has 1 aromatic carbocycles. The van der Waals surface area contributed by atoms with Crippen LogP contribution in [0.15, 0.2) is 35.1 Å². The van der Waals surface area contributed by atoms with Gasteiger partial charge in [0, 0.05) is 19.6 Å². The molecule has 23 heavy (non-hydrogen) atoms. The molecule has 1 aliphatic carbocycles. The van der Waals surface area contributed by atoms with Crippen LogP contribution in [0.4, 0.5) is 0 Å². The molecular formula is C16H20N4O3. The minimum Gasteiger partial charge on any atom is -0.383 e. The molecule has 0 saturated heterocycles. The average molecular weight is 316 g/mol. The first-order valence-corrected chi connectivity index (χ1v) is 7.71. The van der Waals surface area contributed by atoms with Crippen molar-refractivity contribution >= 4 is 5.91 Å². The SMILES string of the molecule is COCCNC(=O)Cn1nc(C2CC2)n(-c2ccccc2)c1=O.